The first kappa shape index (κ1) is 20.1. The number of alkyl halides is 2. The Kier molecular flexibility index (Phi) is 5.76. The molecule has 1 unspecified atom stereocenters. The quantitative estimate of drug-likeness (QED) is 0.769. The van der Waals surface area contributed by atoms with Gasteiger partial charge in [0.15, 0.2) is 0 Å². The van der Waals surface area contributed by atoms with Crippen LogP contribution in [0.25, 0.3) is 0 Å². The zero-order valence-electron chi connectivity index (χ0n) is 16.6. The summed E-state index contributed by atoms with van der Waals surface area (Å²) in [5, 5.41) is 9.98. The lowest BCUT2D eigenvalue weighted by atomic mass is 10.1. The molecule has 2 aromatic rings. The molecular weight excluding hydrogens is 376 g/mol. The van der Waals surface area contributed by atoms with Crippen molar-refractivity contribution < 1.29 is 8.78 Å². The molecule has 1 saturated heterocycles. The number of aryl methyl sites for hydroxylation is 1. The zero-order valence-corrected chi connectivity index (χ0v) is 16.6. The molecule has 1 atom stereocenters. The molecule has 156 valence electrons. The normalized spacial score (nSPS) is 20.0. The van der Waals surface area contributed by atoms with Gasteiger partial charge in [0.2, 0.25) is 0 Å². The van der Waals surface area contributed by atoms with E-state index in [0.717, 1.165) is 48.6 Å². The molecule has 4 rings (SSSR count). The lowest BCUT2D eigenvalue weighted by Gasteiger charge is -2.31. The minimum Gasteiger partial charge on any atom is -0.315 e. The highest BCUT2D eigenvalue weighted by Gasteiger charge is 2.33. The van der Waals surface area contributed by atoms with Crippen molar-refractivity contribution in [2.45, 2.75) is 44.4 Å². The number of rotatable bonds is 6. The van der Waals surface area contributed by atoms with E-state index in [1.165, 1.54) is 31.0 Å². The minimum absolute atomic E-state index is 0.361. The fraction of sp³-hybridized carbons (Fsp3) is 0.524. The van der Waals surface area contributed by atoms with Crippen molar-refractivity contribution >= 4 is 0 Å². The van der Waals surface area contributed by atoms with Gasteiger partial charge in [0.25, 0.3) is 5.56 Å². The average molecular weight is 403 g/mol. The molecule has 29 heavy (non-hydrogen) atoms. The molecule has 0 saturated carbocycles. The molecule has 1 aromatic heterocycles. The lowest BCUT2D eigenvalue weighted by Crippen LogP contribution is -2.43. The predicted octanol–water partition coefficient (Wildman–Crippen LogP) is 1.73. The molecule has 2 N–H and O–H groups in total. The van der Waals surface area contributed by atoms with E-state index in [-0.39, 0.29) is 0 Å². The van der Waals surface area contributed by atoms with Crippen molar-refractivity contribution in [2.24, 2.45) is 7.05 Å². The van der Waals surface area contributed by atoms with Crippen molar-refractivity contribution in [2.75, 3.05) is 19.6 Å². The van der Waals surface area contributed by atoms with Crippen LogP contribution in [0, 0.1) is 0 Å². The first-order valence-electron chi connectivity index (χ1n) is 10.1. The zero-order chi connectivity index (χ0) is 20.4. The van der Waals surface area contributed by atoms with Gasteiger partial charge in [0.1, 0.15) is 5.69 Å². The molecule has 0 amide bonds. The third-order valence-corrected chi connectivity index (χ3v) is 5.82. The summed E-state index contributed by atoms with van der Waals surface area (Å²) in [6, 6.07) is 9.04. The third-order valence-electron chi connectivity index (χ3n) is 5.82. The Morgan fingerprint density at radius 3 is 2.83 bits per heavy atom. The van der Waals surface area contributed by atoms with Gasteiger partial charge >= 0.3 is 5.92 Å². The molecule has 0 aliphatic carbocycles. The second-order valence-electron chi connectivity index (χ2n) is 8.00. The summed E-state index contributed by atoms with van der Waals surface area (Å²) in [4.78, 5) is 13.9. The Balaban J connectivity index is 1.34. The average Bonchev–Trinajstić information content (AvgIpc) is 3.14. The maximum absolute atomic E-state index is 14.4. The van der Waals surface area contributed by atoms with Crippen LogP contribution in [-0.2, 0) is 32.6 Å². The van der Waals surface area contributed by atoms with Gasteiger partial charge < -0.3 is 10.6 Å². The Labute approximate surface area is 168 Å². The SMILES string of the molecule is Cn1nc(C(F)(F)CNCc2ccc3c(c2)CN(C2CCCNC2)C3)ccc1=O. The second kappa shape index (κ2) is 8.30. The van der Waals surface area contributed by atoms with E-state index < -0.39 is 23.7 Å². The lowest BCUT2D eigenvalue weighted by molar-refractivity contribution is -0.00956. The maximum Gasteiger partial charge on any atom is 0.303 e. The molecule has 1 aromatic carbocycles. The first-order chi connectivity index (χ1) is 13.9. The number of piperidine rings is 1. The summed E-state index contributed by atoms with van der Waals surface area (Å²) in [7, 11) is 1.37. The largest absolute Gasteiger partial charge is 0.315 e. The fourth-order valence-corrected chi connectivity index (χ4v) is 4.14. The van der Waals surface area contributed by atoms with Crippen molar-refractivity contribution in [3.63, 3.8) is 0 Å². The van der Waals surface area contributed by atoms with Crippen LogP contribution in [0.1, 0.15) is 35.2 Å². The van der Waals surface area contributed by atoms with E-state index >= 15 is 0 Å². The third kappa shape index (κ3) is 4.55. The molecular formula is C21H27F2N5O. The van der Waals surface area contributed by atoms with E-state index in [2.05, 4.69) is 32.8 Å². The van der Waals surface area contributed by atoms with Crippen LogP contribution in [0.4, 0.5) is 8.78 Å². The van der Waals surface area contributed by atoms with Crippen LogP contribution in [0.5, 0.6) is 0 Å². The summed E-state index contributed by atoms with van der Waals surface area (Å²) in [6.07, 6.45) is 2.44. The van der Waals surface area contributed by atoms with Crippen molar-refractivity contribution in [3.05, 3.63) is 63.1 Å². The Morgan fingerprint density at radius 1 is 1.24 bits per heavy atom. The van der Waals surface area contributed by atoms with Gasteiger partial charge in [-0.05, 0) is 42.1 Å². The standard InChI is InChI=1S/C21H27F2N5O/c1-27-20(29)7-6-19(26-27)21(22,23)14-25-10-15-4-5-16-12-28(13-17(16)9-15)18-3-2-8-24-11-18/h4-7,9,18,24-25H,2-3,8,10-14H2,1H3. The number of hydrogen-bond donors (Lipinski definition) is 2. The van der Waals surface area contributed by atoms with Gasteiger partial charge in [-0.3, -0.25) is 9.69 Å². The number of aromatic nitrogens is 2. The topological polar surface area (TPSA) is 62.2 Å². The van der Waals surface area contributed by atoms with Gasteiger partial charge in [-0.25, -0.2) is 4.68 Å². The molecule has 8 heteroatoms. The smallest absolute Gasteiger partial charge is 0.303 e. The van der Waals surface area contributed by atoms with E-state index in [0.29, 0.717) is 12.6 Å². The van der Waals surface area contributed by atoms with Gasteiger partial charge in [0, 0.05) is 45.3 Å². The summed E-state index contributed by atoms with van der Waals surface area (Å²) in [6.45, 7) is 3.86. The number of nitrogens with zero attached hydrogens (tertiary/aromatic N) is 3. The number of halogens is 2. The van der Waals surface area contributed by atoms with Crippen LogP contribution >= 0.6 is 0 Å². The maximum atomic E-state index is 14.4. The summed E-state index contributed by atoms with van der Waals surface area (Å²) in [5.74, 6) is -3.15. The van der Waals surface area contributed by atoms with Crippen LogP contribution in [0.15, 0.2) is 35.1 Å². The van der Waals surface area contributed by atoms with Gasteiger partial charge in [-0.1, -0.05) is 18.2 Å². The molecule has 0 radical (unpaired) electrons. The summed E-state index contributed by atoms with van der Waals surface area (Å²) >= 11 is 0. The highest BCUT2D eigenvalue weighted by molar-refractivity contribution is 5.35. The molecule has 0 spiro atoms. The number of nitrogens with one attached hydrogen (secondary N) is 2. The Hall–Kier alpha value is -2.16. The minimum atomic E-state index is -3.15. The van der Waals surface area contributed by atoms with Crippen LogP contribution in [-0.4, -0.2) is 40.4 Å². The predicted molar refractivity (Wildman–Crippen MR) is 107 cm³/mol. The summed E-state index contributed by atoms with van der Waals surface area (Å²) in [5.41, 5.74) is 2.81. The molecule has 2 aliphatic heterocycles. The Bertz CT molecular complexity index is 924. The number of benzene rings is 1. The fourth-order valence-electron chi connectivity index (χ4n) is 4.14. The Morgan fingerprint density at radius 2 is 2.07 bits per heavy atom. The highest BCUT2D eigenvalue weighted by atomic mass is 19.3. The van der Waals surface area contributed by atoms with Gasteiger partial charge in [-0.15, -0.1) is 0 Å². The number of fused-ring (bicyclic) bond motifs is 1. The van der Waals surface area contributed by atoms with E-state index in [1.807, 2.05) is 6.07 Å². The molecule has 2 aliphatic rings. The molecule has 6 nitrogen and oxygen atoms in total. The van der Waals surface area contributed by atoms with Gasteiger partial charge in [-0.2, -0.15) is 13.9 Å². The van der Waals surface area contributed by atoms with Crippen molar-refractivity contribution in [3.8, 4) is 0 Å². The van der Waals surface area contributed by atoms with Crippen LogP contribution in [0.3, 0.4) is 0 Å². The first-order valence-corrected chi connectivity index (χ1v) is 10.1. The second-order valence-corrected chi connectivity index (χ2v) is 8.00. The van der Waals surface area contributed by atoms with Crippen LogP contribution < -0.4 is 16.2 Å². The summed E-state index contributed by atoms with van der Waals surface area (Å²) < 4.78 is 29.7. The van der Waals surface area contributed by atoms with Crippen LogP contribution in [0.2, 0.25) is 0 Å². The number of hydrogen-bond acceptors (Lipinski definition) is 5. The van der Waals surface area contributed by atoms with Crippen molar-refractivity contribution in [1.82, 2.24) is 25.3 Å². The molecule has 3 heterocycles. The molecule has 0 bridgehead atoms. The monoisotopic (exact) mass is 403 g/mol. The van der Waals surface area contributed by atoms with E-state index in [4.69, 9.17) is 0 Å². The van der Waals surface area contributed by atoms with E-state index in [9.17, 15) is 13.6 Å². The highest BCUT2D eigenvalue weighted by Crippen LogP contribution is 2.28. The van der Waals surface area contributed by atoms with Gasteiger partial charge in [0.05, 0.1) is 6.54 Å². The molecule has 1 fully saturated rings. The van der Waals surface area contributed by atoms with Crippen molar-refractivity contribution in [1.29, 1.82) is 0 Å². The van der Waals surface area contributed by atoms with E-state index in [1.54, 1.807) is 0 Å².